The van der Waals surface area contributed by atoms with Crippen molar-refractivity contribution in [3.8, 4) is 5.75 Å². The average Bonchev–Trinajstić information content (AvgIpc) is 2.88. The van der Waals surface area contributed by atoms with Crippen molar-refractivity contribution >= 4 is 21.6 Å². The summed E-state index contributed by atoms with van der Waals surface area (Å²) in [5.41, 5.74) is 9.15. The van der Waals surface area contributed by atoms with Gasteiger partial charge in [-0.2, -0.15) is 0 Å². The lowest BCUT2D eigenvalue weighted by Crippen LogP contribution is -2.05. The molecule has 0 saturated heterocycles. The van der Waals surface area contributed by atoms with E-state index in [4.69, 9.17) is 10.5 Å². The molecule has 0 aliphatic carbocycles. The first-order valence-electron chi connectivity index (χ1n) is 6.97. The SMILES string of the molecule is Cc1cc([C@@H](C)N)ccc1OCc1nc2ccccc2s1. The van der Waals surface area contributed by atoms with E-state index >= 15 is 0 Å². The molecule has 2 N–H and O–H groups in total. The van der Waals surface area contributed by atoms with Crippen LogP contribution in [-0.4, -0.2) is 4.98 Å². The van der Waals surface area contributed by atoms with E-state index in [9.17, 15) is 0 Å². The number of rotatable bonds is 4. The Morgan fingerprint density at radius 2 is 2.05 bits per heavy atom. The van der Waals surface area contributed by atoms with E-state index in [2.05, 4.69) is 17.1 Å². The molecule has 0 saturated carbocycles. The van der Waals surface area contributed by atoms with Gasteiger partial charge in [0.15, 0.2) is 0 Å². The van der Waals surface area contributed by atoms with Gasteiger partial charge in [0.1, 0.15) is 17.4 Å². The van der Waals surface area contributed by atoms with Crippen LogP contribution in [0.3, 0.4) is 0 Å². The first-order valence-corrected chi connectivity index (χ1v) is 7.78. The Morgan fingerprint density at radius 3 is 2.76 bits per heavy atom. The number of nitrogens with two attached hydrogens (primary N) is 1. The van der Waals surface area contributed by atoms with Crippen LogP contribution in [0.2, 0.25) is 0 Å². The molecule has 0 radical (unpaired) electrons. The van der Waals surface area contributed by atoms with E-state index in [1.165, 1.54) is 4.70 Å². The molecule has 1 heterocycles. The summed E-state index contributed by atoms with van der Waals surface area (Å²) >= 11 is 1.67. The number of benzene rings is 2. The number of hydrogen-bond acceptors (Lipinski definition) is 4. The summed E-state index contributed by atoms with van der Waals surface area (Å²) in [6, 6.07) is 14.3. The number of nitrogens with zero attached hydrogens (tertiary/aromatic N) is 1. The van der Waals surface area contributed by atoms with Crippen molar-refractivity contribution in [3.63, 3.8) is 0 Å². The summed E-state index contributed by atoms with van der Waals surface area (Å²) in [7, 11) is 0. The lowest BCUT2D eigenvalue weighted by Gasteiger charge is -2.11. The zero-order chi connectivity index (χ0) is 14.8. The van der Waals surface area contributed by atoms with Gasteiger partial charge in [0.25, 0.3) is 0 Å². The van der Waals surface area contributed by atoms with Crippen molar-refractivity contribution in [2.45, 2.75) is 26.5 Å². The normalized spacial score (nSPS) is 12.5. The highest BCUT2D eigenvalue weighted by Gasteiger charge is 2.07. The van der Waals surface area contributed by atoms with E-state index < -0.39 is 0 Å². The fourth-order valence-corrected chi connectivity index (χ4v) is 3.12. The number of fused-ring (bicyclic) bond motifs is 1. The van der Waals surface area contributed by atoms with Crippen molar-refractivity contribution in [1.82, 2.24) is 4.98 Å². The van der Waals surface area contributed by atoms with E-state index in [0.717, 1.165) is 27.4 Å². The highest BCUT2D eigenvalue weighted by atomic mass is 32.1. The minimum atomic E-state index is 0.0435. The van der Waals surface area contributed by atoms with Crippen LogP contribution in [0, 0.1) is 6.92 Å². The summed E-state index contributed by atoms with van der Waals surface area (Å²) < 4.78 is 7.09. The smallest absolute Gasteiger partial charge is 0.140 e. The van der Waals surface area contributed by atoms with Crippen molar-refractivity contribution in [2.24, 2.45) is 5.73 Å². The topological polar surface area (TPSA) is 48.1 Å². The Morgan fingerprint density at radius 1 is 1.24 bits per heavy atom. The van der Waals surface area contributed by atoms with Crippen LogP contribution in [0.15, 0.2) is 42.5 Å². The zero-order valence-electron chi connectivity index (χ0n) is 12.2. The summed E-state index contributed by atoms with van der Waals surface area (Å²) in [6.45, 7) is 4.52. The van der Waals surface area contributed by atoms with Gasteiger partial charge in [-0.3, -0.25) is 0 Å². The van der Waals surface area contributed by atoms with Crippen molar-refractivity contribution in [1.29, 1.82) is 0 Å². The van der Waals surface area contributed by atoms with E-state index in [1.54, 1.807) is 11.3 Å². The third-order valence-corrected chi connectivity index (χ3v) is 4.42. The maximum Gasteiger partial charge on any atom is 0.140 e. The van der Waals surface area contributed by atoms with Gasteiger partial charge in [-0.1, -0.05) is 24.3 Å². The Kier molecular flexibility index (Phi) is 3.90. The minimum Gasteiger partial charge on any atom is -0.486 e. The summed E-state index contributed by atoms with van der Waals surface area (Å²) in [6.07, 6.45) is 0. The largest absolute Gasteiger partial charge is 0.486 e. The van der Waals surface area contributed by atoms with Gasteiger partial charge in [0.05, 0.1) is 10.2 Å². The van der Waals surface area contributed by atoms with Gasteiger partial charge < -0.3 is 10.5 Å². The predicted octanol–water partition coefficient (Wildman–Crippen LogP) is 4.20. The first-order chi connectivity index (χ1) is 10.1. The molecule has 108 valence electrons. The van der Waals surface area contributed by atoms with Gasteiger partial charge in [-0.05, 0) is 43.2 Å². The monoisotopic (exact) mass is 298 g/mol. The molecule has 0 fully saturated rings. The fraction of sp³-hybridized carbons (Fsp3) is 0.235. The van der Waals surface area contributed by atoms with E-state index in [-0.39, 0.29) is 6.04 Å². The van der Waals surface area contributed by atoms with Gasteiger partial charge in [0.2, 0.25) is 0 Å². The number of hydrogen-bond donors (Lipinski definition) is 1. The molecular weight excluding hydrogens is 280 g/mol. The molecule has 0 aliphatic heterocycles. The van der Waals surface area contributed by atoms with Crippen molar-refractivity contribution in [2.75, 3.05) is 0 Å². The Balaban J connectivity index is 1.75. The molecule has 0 unspecified atom stereocenters. The second-order valence-electron chi connectivity index (χ2n) is 5.18. The standard InChI is InChI=1S/C17H18N2OS/c1-11-9-13(12(2)18)7-8-15(11)20-10-17-19-14-5-3-4-6-16(14)21-17/h3-9,12H,10,18H2,1-2H3/t12-/m1/s1. The van der Waals surface area contributed by atoms with Crippen LogP contribution in [0.5, 0.6) is 5.75 Å². The lowest BCUT2D eigenvalue weighted by molar-refractivity contribution is 0.303. The predicted molar refractivity (Wildman–Crippen MR) is 87.7 cm³/mol. The molecule has 3 aromatic rings. The lowest BCUT2D eigenvalue weighted by atomic mass is 10.1. The molecule has 3 nitrogen and oxygen atoms in total. The molecule has 0 aliphatic rings. The zero-order valence-corrected chi connectivity index (χ0v) is 13.0. The second-order valence-corrected chi connectivity index (χ2v) is 6.29. The molecule has 0 amide bonds. The number of aromatic nitrogens is 1. The number of ether oxygens (including phenoxy) is 1. The summed E-state index contributed by atoms with van der Waals surface area (Å²) in [5, 5.41) is 0.992. The van der Waals surface area contributed by atoms with Gasteiger partial charge in [-0.25, -0.2) is 4.98 Å². The number of para-hydroxylation sites is 1. The van der Waals surface area contributed by atoms with Gasteiger partial charge in [0, 0.05) is 6.04 Å². The van der Waals surface area contributed by atoms with Crippen LogP contribution >= 0.6 is 11.3 Å². The summed E-state index contributed by atoms with van der Waals surface area (Å²) in [4.78, 5) is 4.58. The van der Waals surface area contributed by atoms with Crippen LogP contribution in [0.25, 0.3) is 10.2 Å². The molecule has 4 heteroatoms. The van der Waals surface area contributed by atoms with E-state index in [0.29, 0.717) is 6.61 Å². The number of aryl methyl sites for hydroxylation is 1. The van der Waals surface area contributed by atoms with E-state index in [1.807, 2.05) is 44.2 Å². The van der Waals surface area contributed by atoms with Crippen molar-refractivity contribution in [3.05, 3.63) is 58.6 Å². The molecule has 2 aromatic carbocycles. The third-order valence-electron chi connectivity index (χ3n) is 3.41. The Bertz CT molecular complexity index is 731. The molecule has 0 bridgehead atoms. The molecular formula is C17H18N2OS. The molecule has 0 spiro atoms. The molecule has 21 heavy (non-hydrogen) atoms. The Labute approximate surface area is 128 Å². The molecule has 1 atom stereocenters. The first kappa shape index (κ1) is 14.0. The summed E-state index contributed by atoms with van der Waals surface area (Å²) in [5.74, 6) is 0.888. The van der Waals surface area contributed by atoms with Gasteiger partial charge >= 0.3 is 0 Å². The van der Waals surface area contributed by atoms with Crippen LogP contribution in [0.4, 0.5) is 0 Å². The third kappa shape index (κ3) is 3.06. The highest BCUT2D eigenvalue weighted by Crippen LogP contribution is 2.25. The molecule has 3 rings (SSSR count). The minimum absolute atomic E-state index is 0.0435. The van der Waals surface area contributed by atoms with Crippen molar-refractivity contribution < 1.29 is 4.74 Å². The average molecular weight is 298 g/mol. The molecule has 1 aromatic heterocycles. The number of thiazole rings is 1. The van der Waals surface area contributed by atoms with Crippen LogP contribution in [-0.2, 0) is 6.61 Å². The highest BCUT2D eigenvalue weighted by molar-refractivity contribution is 7.18. The quantitative estimate of drug-likeness (QED) is 0.785. The van der Waals surface area contributed by atoms with Crippen LogP contribution < -0.4 is 10.5 Å². The van der Waals surface area contributed by atoms with Crippen LogP contribution in [0.1, 0.15) is 29.1 Å². The maximum absolute atomic E-state index is 5.89. The van der Waals surface area contributed by atoms with Gasteiger partial charge in [-0.15, -0.1) is 11.3 Å². The Hall–Kier alpha value is -1.91. The second kappa shape index (κ2) is 5.84. The maximum atomic E-state index is 5.89. The fourth-order valence-electron chi connectivity index (χ4n) is 2.24.